The molecular weight excluding hydrogens is 376 g/mol. The Morgan fingerprint density at radius 1 is 1.11 bits per heavy atom. The molecule has 0 saturated heterocycles. The first kappa shape index (κ1) is 19.6. The van der Waals surface area contributed by atoms with E-state index in [4.69, 9.17) is 9.47 Å². The summed E-state index contributed by atoms with van der Waals surface area (Å²) in [6.07, 6.45) is 1.90. The van der Waals surface area contributed by atoms with Crippen molar-refractivity contribution in [3.63, 3.8) is 0 Å². The third kappa shape index (κ3) is 4.95. The van der Waals surface area contributed by atoms with Gasteiger partial charge in [-0.15, -0.1) is 11.3 Å². The smallest absolute Gasteiger partial charge is 0.286 e. The molecule has 28 heavy (non-hydrogen) atoms. The zero-order valence-corrected chi connectivity index (χ0v) is 16.4. The van der Waals surface area contributed by atoms with Gasteiger partial charge in [0.05, 0.1) is 7.11 Å². The monoisotopic (exact) mass is 396 g/mol. The van der Waals surface area contributed by atoms with Crippen molar-refractivity contribution in [1.82, 2.24) is 4.57 Å². The summed E-state index contributed by atoms with van der Waals surface area (Å²) in [5.41, 5.74) is 1.64. The van der Waals surface area contributed by atoms with Crippen LogP contribution in [0.4, 0.5) is 0 Å². The van der Waals surface area contributed by atoms with Gasteiger partial charge in [-0.3, -0.25) is 9.59 Å². The van der Waals surface area contributed by atoms with Crippen LogP contribution in [0.15, 0.2) is 65.1 Å². The van der Waals surface area contributed by atoms with E-state index in [0.29, 0.717) is 28.4 Å². The summed E-state index contributed by atoms with van der Waals surface area (Å²) in [6.45, 7) is 1.89. The van der Waals surface area contributed by atoms with Crippen molar-refractivity contribution < 1.29 is 19.1 Å². The number of amides is 1. The van der Waals surface area contributed by atoms with E-state index in [0.717, 1.165) is 5.56 Å². The van der Waals surface area contributed by atoms with Gasteiger partial charge in [0.25, 0.3) is 5.91 Å². The number of thiazole rings is 1. The van der Waals surface area contributed by atoms with Gasteiger partial charge in [-0.25, -0.2) is 0 Å². The third-order valence-corrected chi connectivity index (χ3v) is 4.79. The van der Waals surface area contributed by atoms with Crippen molar-refractivity contribution in [3.8, 4) is 11.5 Å². The van der Waals surface area contributed by atoms with Gasteiger partial charge >= 0.3 is 0 Å². The highest BCUT2D eigenvalue weighted by atomic mass is 32.1. The molecule has 0 unspecified atom stereocenters. The van der Waals surface area contributed by atoms with Gasteiger partial charge < -0.3 is 14.0 Å². The number of Topliss-reactive ketones (excluding diaryl/α,β-unsaturated/α-hetero) is 1. The lowest BCUT2D eigenvalue weighted by molar-refractivity contribution is -0.120. The molecule has 144 valence electrons. The molecule has 0 fully saturated rings. The standard InChI is InChI=1S/C21H20N2O4S/c1-15(24)17-8-9-18(19(12-17)26-2)27-14-20(25)22-21-23(10-11-28-21)13-16-6-4-3-5-7-16/h3-12H,13-14H2,1-2H3. The molecule has 0 bridgehead atoms. The van der Waals surface area contributed by atoms with E-state index in [1.807, 2.05) is 46.5 Å². The summed E-state index contributed by atoms with van der Waals surface area (Å²) in [5, 5.41) is 1.89. The molecule has 0 spiro atoms. The number of rotatable bonds is 7. The Balaban J connectivity index is 1.70. The molecule has 0 saturated carbocycles. The fourth-order valence-corrected chi connectivity index (χ4v) is 3.32. The Bertz CT molecular complexity index is 1040. The summed E-state index contributed by atoms with van der Waals surface area (Å²) in [5.74, 6) is 0.314. The predicted molar refractivity (Wildman–Crippen MR) is 107 cm³/mol. The Labute approximate surface area is 166 Å². The number of aromatic nitrogens is 1. The minimum atomic E-state index is -0.401. The Morgan fingerprint density at radius 3 is 2.61 bits per heavy atom. The van der Waals surface area contributed by atoms with E-state index in [9.17, 15) is 9.59 Å². The number of nitrogens with zero attached hydrogens (tertiary/aromatic N) is 2. The van der Waals surface area contributed by atoms with Crippen LogP contribution in [0.25, 0.3) is 0 Å². The maximum atomic E-state index is 12.3. The average molecular weight is 396 g/mol. The van der Waals surface area contributed by atoms with Crippen LogP contribution in [0.3, 0.4) is 0 Å². The normalized spacial score (nSPS) is 11.3. The molecule has 3 rings (SSSR count). The van der Waals surface area contributed by atoms with Gasteiger partial charge in [-0.1, -0.05) is 30.3 Å². The van der Waals surface area contributed by atoms with Crippen LogP contribution < -0.4 is 14.3 Å². The zero-order valence-electron chi connectivity index (χ0n) is 15.6. The molecule has 0 radical (unpaired) electrons. The van der Waals surface area contributed by atoms with E-state index in [1.165, 1.54) is 25.4 Å². The molecule has 0 aliphatic rings. The fraction of sp³-hybridized carbons (Fsp3) is 0.190. The molecule has 6 nitrogen and oxygen atoms in total. The zero-order chi connectivity index (χ0) is 19.9. The fourth-order valence-electron chi connectivity index (χ4n) is 2.57. The second kappa shape index (κ2) is 9.14. The van der Waals surface area contributed by atoms with E-state index >= 15 is 0 Å². The van der Waals surface area contributed by atoms with Crippen molar-refractivity contribution in [3.05, 3.63) is 76.0 Å². The summed E-state index contributed by atoms with van der Waals surface area (Å²) < 4.78 is 12.7. The molecule has 0 N–H and O–H groups in total. The molecular formula is C21H20N2O4S. The van der Waals surface area contributed by atoms with Crippen LogP contribution in [0.1, 0.15) is 22.8 Å². The molecule has 1 amide bonds. The van der Waals surface area contributed by atoms with Gasteiger partial charge in [-0.05, 0) is 30.7 Å². The molecule has 3 aromatic rings. The van der Waals surface area contributed by atoms with Gasteiger partial charge in [0.15, 0.2) is 28.7 Å². The number of hydrogen-bond acceptors (Lipinski definition) is 5. The lowest BCUT2D eigenvalue weighted by atomic mass is 10.1. The van der Waals surface area contributed by atoms with Crippen molar-refractivity contribution in [1.29, 1.82) is 0 Å². The van der Waals surface area contributed by atoms with Gasteiger partial charge in [-0.2, -0.15) is 4.99 Å². The van der Waals surface area contributed by atoms with Crippen LogP contribution in [0, 0.1) is 0 Å². The van der Waals surface area contributed by atoms with E-state index in [1.54, 1.807) is 18.2 Å². The maximum Gasteiger partial charge on any atom is 0.286 e. The molecule has 0 atom stereocenters. The molecule has 1 heterocycles. The number of ether oxygens (including phenoxy) is 2. The summed E-state index contributed by atoms with van der Waals surface area (Å²) in [4.78, 5) is 28.5. The third-order valence-electron chi connectivity index (χ3n) is 4.00. The average Bonchev–Trinajstić information content (AvgIpc) is 3.13. The van der Waals surface area contributed by atoms with Crippen LogP contribution >= 0.6 is 11.3 Å². The van der Waals surface area contributed by atoms with Crippen molar-refractivity contribution in [2.24, 2.45) is 4.99 Å². The Hall–Kier alpha value is -3.19. The number of ketones is 1. The molecule has 7 heteroatoms. The van der Waals surface area contributed by atoms with Gasteiger partial charge in [0.1, 0.15) is 0 Å². The Kier molecular flexibility index (Phi) is 6.39. The number of methoxy groups -OCH3 is 1. The first-order valence-electron chi connectivity index (χ1n) is 8.64. The van der Waals surface area contributed by atoms with Gasteiger partial charge in [0, 0.05) is 23.7 Å². The largest absolute Gasteiger partial charge is 0.493 e. The summed E-state index contributed by atoms with van der Waals surface area (Å²) >= 11 is 1.39. The predicted octanol–water partition coefficient (Wildman–Crippen LogP) is 3.32. The first-order valence-corrected chi connectivity index (χ1v) is 9.52. The topological polar surface area (TPSA) is 69.9 Å². The number of carbonyl (C=O) groups excluding carboxylic acids is 2. The van der Waals surface area contributed by atoms with Crippen LogP contribution in [0.2, 0.25) is 0 Å². The van der Waals surface area contributed by atoms with Crippen LogP contribution in [0.5, 0.6) is 11.5 Å². The lowest BCUT2D eigenvalue weighted by Gasteiger charge is -2.10. The minimum absolute atomic E-state index is 0.0726. The molecule has 0 aliphatic heterocycles. The van der Waals surface area contributed by atoms with Crippen LogP contribution in [-0.4, -0.2) is 30.0 Å². The maximum absolute atomic E-state index is 12.3. The number of carbonyl (C=O) groups is 2. The number of hydrogen-bond donors (Lipinski definition) is 0. The number of benzene rings is 2. The molecule has 0 aliphatic carbocycles. The van der Waals surface area contributed by atoms with E-state index < -0.39 is 5.91 Å². The highest BCUT2D eigenvalue weighted by molar-refractivity contribution is 7.07. The van der Waals surface area contributed by atoms with E-state index in [-0.39, 0.29) is 12.4 Å². The van der Waals surface area contributed by atoms with Crippen LogP contribution in [-0.2, 0) is 11.3 Å². The van der Waals surface area contributed by atoms with Crippen molar-refractivity contribution >= 4 is 23.0 Å². The molecule has 1 aromatic heterocycles. The van der Waals surface area contributed by atoms with E-state index in [2.05, 4.69) is 4.99 Å². The highest BCUT2D eigenvalue weighted by Gasteiger charge is 2.10. The summed E-state index contributed by atoms with van der Waals surface area (Å²) in [7, 11) is 1.48. The first-order chi connectivity index (χ1) is 13.6. The second-order valence-corrected chi connectivity index (χ2v) is 6.89. The quantitative estimate of drug-likeness (QED) is 0.575. The Morgan fingerprint density at radius 2 is 1.89 bits per heavy atom. The van der Waals surface area contributed by atoms with Crippen molar-refractivity contribution in [2.45, 2.75) is 13.5 Å². The van der Waals surface area contributed by atoms with Crippen molar-refractivity contribution in [2.75, 3.05) is 13.7 Å². The second-order valence-electron chi connectivity index (χ2n) is 6.02. The lowest BCUT2D eigenvalue weighted by Crippen LogP contribution is -2.19. The SMILES string of the molecule is COc1cc(C(C)=O)ccc1OCC(=O)N=c1sccn1Cc1ccccc1. The molecule has 2 aromatic carbocycles. The summed E-state index contributed by atoms with van der Waals surface area (Å²) in [6, 6.07) is 14.8. The highest BCUT2D eigenvalue weighted by Crippen LogP contribution is 2.28. The minimum Gasteiger partial charge on any atom is -0.493 e. The van der Waals surface area contributed by atoms with Gasteiger partial charge in [0.2, 0.25) is 0 Å².